The van der Waals surface area contributed by atoms with Gasteiger partial charge in [-0.1, -0.05) is 36.4 Å². The van der Waals surface area contributed by atoms with E-state index in [-0.39, 0.29) is 22.9 Å². The second-order valence-corrected chi connectivity index (χ2v) is 9.36. The molecule has 3 aromatic rings. The van der Waals surface area contributed by atoms with Gasteiger partial charge in [0.1, 0.15) is 0 Å². The topological polar surface area (TPSA) is 84.0 Å². The molecule has 34 heavy (non-hydrogen) atoms. The maximum atomic E-state index is 13.1. The Balaban J connectivity index is 1.73. The fourth-order valence-electron chi connectivity index (χ4n) is 3.55. The number of carbonyl (C=O) groups is 2. The van der Waals surface area contributed by atoms with Crippen LogP contribution in [0, 0.1) is 0 Å². The molecule has 0 saturated carbocycles. The molecule has 0 aromatic heterocycles. The van der Waals surface area contributed by atoms with Crippen LogP contribution in [0.5, 0.6) is 0 Å². The lowest BCUT2D eigenvalue weighted by molar-refractivity contribution is -0.126. The molecule has 0 spiro atoms. The smallest absolute Gasteiger partial charge is 0.338 e. The van der Waals surface area contributed by atoms with Crippen molar-refractivity contribution in [3.63, 3.8) is 0 Å². The fraction of sp³-hybridized carbons (Fsp3) is 0.231. The van der Waals surface area contributed by atoms with E-state index in [1.807, 2.05) is 43.3 Å². The SMILES string of the molecule is CCN(C(=O)[C@H](C)OC(=O)c1ccc(S(=O)(=O)N(CC)c2ccccc2)cc1)c1ccccc1. The van der Waals surface area contributed by atoms with Gasteiger partial charge in [-0.2, -0.15) is 0 Å². The van der Waals surface area contributed by atoms with Crippen LogP contribution in [0.25, 0.3) is 0 Å². The maximum absolute atomic E-state index is 13.1. The van der Waals surface area contributed by atoms with E-state index in [9.17, 15) is 18.0 Å². The Hall–Kier alpha value is -3.65. The zero-order valence-corrected chi connectivity index (χ0v) is 20.2. The van der Waals surface area contributed by atoms with Gasteiger partial charge in [0.15, 0.2) is 6.10 Å². The lowest BCUT2D eigenvalue weighted by atomic mass is 10.2. The van der Waals surface area contributed by atoms with Gasteiger partial charge in [0.25, 0.3) is 15.9 Å². The third-order valence-electron chi connectivity index (χ3n) is 5.29. The van der Waals surface area contributed by atoms with Gasteiger partial charge >= 0.3 is 5.97 Å². The third-order valence-corrected chi connectivity index (χ3v) is 7.21. The molecule has 0 aliphatic heterocycles. The minimum absolute atomic E-state index is 0.0557. The Labute approximate surface area is 200 Å². The average molecular weight is 481 g/mol. The van der Waals surface area contributed by atoms with Crippen LogP contribution in [-0.2, 0) is 19.6 Å². The van der Waals surface area contributed by atoms with Gasteiger partial charge in [-0.05, 0) is 69.3 Å². The third kappa shape index (κ3) is 5.46. The molecule has 0 saturated heterocycles. The van der Waals surface area contributed by atoms with Gasteiger partial charge in [0.05, 0.1) is 16.1 Å². The Morgan fingerprint density at radius 3 is 1.82 bits per heavy atom. The summed E-state index contributed by atoms with van der Waals surface area (Å²) in [6.07, 6.45) is -1.01. The van der Waals surface area contributed by atoms with E-state index in [1.54, 1.807) is 31.2 Å². The molecule has 7 nitrogen and oxygen atoms in total. The van der Waals surface area contributed by atoms with Crippen LogP contribution in [0.2, 0.25) is 0 Å². The normalized spacial score (nSPS) is 12.0. The first-order valence-corrected chi connectivity index (χ1v) is 12.5. The predicted molar refractivity (Wildman–Crippen MR) is 132 cm³/mol. The van der Waals surface area contributed by atoms with Crippen molar-refractivity contribution in [2.45, 2.75) is 31.8 Å². The minimum atomic E-state index is -3.81. The Kier molecular flexibility index (Phi) is 8.07. The Morgan fingerprint density at radius 2 is 1.32 bits per heavy atom. The van der Waals surface area contributed by atoms with E-state index in [0.29, 0.717) is 17.9 Å². The summed E-state index contributed by atoms with van der Waals surface area (Å²) < 4.78 is 32.9. The largest absolute Gasteiger partial charge is 0.449 e. The van der Waals surface area contributed by atoms with E-state index in [1.165, 1.54) is 40.4 Å². The first-order chi connectivity index (χ1) is 16.3. The van der Waals surface area contributed by atoms with Crippen molar-refractivity contribution in [3.05, 3.63) is 90.5 Å². The van der Waals surface area contributed by atoms with Gasteiger partial charge in [0.2, 0.25) is 0 Å². The van der Waals surface area contributed by atoms with Crippen LogP contribution in [-0.4, -0.2) is 39.5 Å². The molecular formula is C26H28N2O5S. The lowest BCUT2D eigenvalue weighted by Crippen LogP contribution is -2.40. The van der Waals surface area contributed by atoms with E-state index < -0.39 is 22.1 Å². The zero-order chi connectivity index (χ0) is 24.7. The number of ether oxygens (including phenoxy) is 1. The molecule has 3 rings (SSSR count). The van der Waals surface area contributed by atoms with Crippen molar-refractivity contribution in [2.75, 3.05) is 22.3 Å². The van der Waals surface area contributed by atoms with E-state index in [0.717, 1.165) is 0 Å². The van der Waals surface area contributed by atoms with Crippen LogP contribution in [0.15, 0.2) is 89.8 Å². The van der Waals surface area contributed by atoms with E-state index in [2.05, 4.69) is 0 Å². The van der Waals surface area contributed by atoms with Crippen LogP contribution in [0.4, 0.5) is 11.4 Å². The van der Waals surface area contributed by atoms with Crippen LogP contribution < -0.4 is 9.21 Å². The van der Waals surface area contributed by atoms with E-state index >= 15 is 0 Å². The molecule has 0 aliphatic carbocycles. The summed E-state index contributed by atoms with van der Waals surface area (Å²) in [4.78, 5) is 27.1. The first kappa shape index (κ1) is 25.0. The van der Waals surface area contributed by atoms with Crippen LogP contribution in [0.3, 0.4) is 0 Å². The summed E-state index contributed by atoms with van der Waals surface area (Å²) >= 11 is 0. The molecule has 0 aliphatic rings. The van der Waals surface area contributed by atoms with Gasteiger partial charge in [-0.15, -0.1) is 0 Å². The standard InChI is InChI=1S/C26H28N2O5S/c1-4-27(22-12-8-6-9-13-22)25(29)20(3)33-26(30)21-16-18-24(19-17-21)34(31,32)28(5-2)23-14-10-7-11-15-23/h6-20H,4-5H2,1-3H3/t20-/m0/s1. The highest BCUT2D eigenvalue weighted by molar-refractivity contribution is 7.92. The van der Waals surface area contributed by atoms with Crippen molar-refractivity contribution in [2.24, 2.45) is 0 Å². The summed E-state index contributed by atoms with van der Waals surface area (Å²) in [5.41, 5.74) is 1.43. The Bertz CT molecular complexity index is 1210. The summed E-state index contributed by atoms with van der Waals surface area (Å²) in [7, 11) is -3.81. The molecule has 0 heterocycles. The Morgan fingerprint density at radius 1 is 0.794 bits per heavy atom. The van der Waals surface area contributed by atoms with E-state index in [4.69, 9.17) is 4.74 Å². The number of esters is 1. The lowest BCUT2D eigenvalue weighted by Gasteiger charge is -2.24. The first-order valence-electron chi connectivity index (χ1n) is 11.0. The number of carbonyl (C=O) groups excluding carboxylic acids is 2. The molecule has 1 amide bonds. The van der Waals surface area contributed by atoms with Gasteiger partial charge < -0.3 is 9.64 Å². The predicted octanol–water partition coefficient (Wildman–Crippen LogP) is 4.50. The van der Waals surface area contributed by atoms with Crippen molar-refractivity contribution >= 4 is 33.3 Å². The molecule has 3 aromatic carbocycles. The highest BCUT2D eigenvalue weighted by Crippen LogP contribution is 2.24. The average Bonchev–Trinajstić information content (AvgIpc) is 2.86. The second kappa shape index (κ2) is 11.0. The number of sulfonamides is 1. The van der Waals surface area contributed by atoms with Gasteiger partial charge in [-0.3, -0.25) is 9.10 Å². The number of benzene rings is 3. The maximum Gasteiger partial charge on any atom is 0.338 e. The van der Waals surface area contributed by atoms with Crippen molar-refractivity contribution in [1.82, 2.24) is 0 Å². The zero-order valence-electron chi connectivity index (χ0n) is 19.4. The van der Waals surface area contributed by atoms with Gasteiger partial charge in [0, 0.05) is 18.8 Å². The van der Waals surface area contributed by atoms with Crippen molar-refractivity contribution in [1.29, 1.82) is 0 Å². The number of para-hydroxylation sites is 2. The summed E-state index contributed by atoms with van der Waals surface area (Å²) in [5.74, 6) is -1.05. The summed E-state index contributed by atoms with van der Waals surface area (Å²) in [6.45, 7) is 5.79. The van der Waals surface area contributed by atoms with Crippen molar-refractivity contribution < 1.29 is 22.7 Å². The van der Waals surface area contributed by atoms with Crippen LogP contribution in [0.1, 0.15) is 31.1 Å². The highest BCUT2D eigenvalue weighted by Gasteiger charge is 2.26. The summed E-state index contributed by atoms with van der Waals surface area (Å²) in [6, 6.07) is 23.4. The molecule has 0 bridgehead atoms. The monoisotopic (exact) mass is 480 g/mol. The molecular weight excluding hydrogens is 452 g/mol. The molecule has 1 atom stereocenters. The number of anilines is 2. The number of likely N-dealkylation sites (N-methyl/N-ethyl adjacent to an activating group) is 1. The molecule has 178 valence electrons. The summed E-state index contributed by atoms with van der Waals surface area (Å²) in [5, 5.41) is 0. The molecule has 0 unspecified atom stereocenters. The second-order valence-electron chi connectivity index (χ2n) is 7.50. The number of amides is 1. The van der Waals surface area contributed by atoms with Crippen LogP contribution >= 0.6 is 0 Å². The number of hydrogen-bond acceptors (Lipinski definition) is 5. The van der Waals surface area contributed by atoms with Gasteiger partial charge in [-0.25, -0.2) is 13.2 Å². The molecule has 0 fully saturated rings. The number of rotatable bonds is 9. The molecule has 0 radical (unpaired) electrons. The number of hydrogen-bond donors (Lipinski definition) is 0. The molecule has 0 N–H and O–H groups in total. The minimum Gasteiger partial charge on any atom is -0.449 e. The fourth-order valence-corrected chi connectivity index (χ4v) is 5.02. The molecule has 8 heteroatoms. The highest BCUT2D eigenvalue weighted by atomic mass is 32.2. The van der Waals surface area contributed by atoms with Crippen molar-refractivity contribution in [3.8, 4) is 0 Å². The number of nitrogens with zero attached hydrogens (tertiary/aromatic N) is 2. The quantitative estimate of drug-likeness (QED) is 0.421.